The van der Waals surface area contributed by atoms with Crippen molar-refractivity contribution in [2.24, 2.45) is 0 Å². The number of alkyl halides is 3. The normalized spacial score (nSPS) is 18.0. The van der Waals surface area contributed by atoms with Crippen LogP contribution in [0.1, 0.15) is 35.8 Å². The summed E-state index contributed by atoms with van der Waals surface area (Å²) in [6.45, 7) is 1.20. The highest BCUT2D eigenvalue weighted by Crippen LogP contribution is 2.30. The van der Waals surface area contributed by atoms with Gasteiger partial charge in [0.1, 0.15) is 11.6 Å². The van der Waals surface area contributed by atoms with Gasteiger partial charge in [0, 0.05) is 24.2 Å². The maximum absolute atomic E-state index is 13.3. The Bertz CT molecular complexity index is 1060. The average Bonchev–Trinajstić information content (AvgIpc) is 3.29. The summed E-state index contributed by atoms with van der Waals surface area (Å²) in [4.78, 5) is 0. The Hall–Kier alpha value is -2.47. The second-order valence-corrected chi connectivity index (χ2v) is 7.52. The molecule has 1 aliphatic heterocycles. The summed E-state index contributed by atoms with van der Waals surface area (Å²) in [6, 6.07) is 11.0. The van der Waals surface area contributed by atoms with Crippen LogP contribution in [0.4, 0.5) is 17.6 Å². The van der Waals surface area contributed by atoms with Crippen LogP contribution in [-0.2, 0) is 12.7 Å². The van der Waals surface area contributed by atoms with E-state index in [1.165, 1.54) is 25.3 Å². The van der Waals surface area contributed by atoms with Crippen LogP contribution < -0.4 is 15.4 Å². The zero-order valence-electron chi connectivity index (χ0n) is 18.1. The third-order valence-corrected chi connectivity index (χ3v) is 5.47. The number of tetrazole rings is 1. The lowest BCUT2D eigenvalue weighted by Crippen LogP contribution is -2.45. The second kappa shape index (κ2) is 11.8. The Morgan fingerprint density at radius 2 is 1.88 bits per heavy atom. The van der Waals surface area contributed by atoms with E-state index in [2.05, 4.69) is 26.2 Å². The Morgan fingerprint density at radius 1 is 1.15 bits per heavy atom. The largest absolute Gasteiger partial charge is 0.496 e. The molecule has 0 amide bonds. The van der Waals surface area contributed by atoms with Crippen molar-refractivity contribution >= 4 is 24.8 Å². The molecule has 0 spiro atoms. The lowest BCUT2D eigenvalue weighted by molar-refractivity contribution is -0.146. The van der Waals surface area contributed by atoms with Crippen molar-refractivity contribution in [3.8, 4) is 11.4 Å². The zero-order valence-corrected chi connectivity index (χ0v) is 19.7. The lowest BCUT2D eigenvalue weighted by Gasteiger charge is -2.34. The molecule has 0 aliphatic carbocycles. The van der Waals surface area contributed by atoms with Gasteiger partial charge >= 0.3 is 6.18 Å². The van der Waals surface area contributed by atoms with Crippen molar-refractivity contribution in [1.82, 2.24) is 30.8 Å². The number of nitrogens with zero attached hydrogens (tertiary/aromatic N) is 4. The maximum Gasteiger partial charge on any atom is 0.453 e. The van der Waals surface area contributed by atoms with Crippen LogP contribution in [0.25, 0.3) is 5.69 Å². The van der Waals surface area contributed by atoms with Gasteiger partial charge in [0.25, 0.3) is 5.82 Å². The van der Waals surface area contributed by atoms with Crippen molar-refractivity contribution in [1.29, 1.82) is 0 Å². The molecule has 2 N–H and O–H groups in total. The first-order valence-electron chi connectivity index (χ1n) is 10.1. The highest BCUT2D eigenvalue weighted by Gasteiger charge is 2.38. The maximum atomic E-state index is 13.3. The van der Waals surface area contributed by atoms with Gasteiger partial charge in [-0.05, 0) is 65.7 Å². The Morgan fingerprint density at radius 3 is 2.56 bits per heavy atom. The Labute approximate surface area is 206 Å². The molecule has 0 unspecified atom stereocenters. The van der Waals surface area contributed by atoms with Gasteiger partial charge in [-0.15, -0.1) is 29.9 Å². The molecule has 186 valence electrons. The van der Waals surface area contributed by atoms with Crippen LogP contribution in [0.5, 0.6) is 5.75 Å². The van der Waals surface area contributed by atoms with Crippen molar-refractivity contribution in [2.75, 3.05) is 13.7 Å². The second-order valence-electron chi connectivity index (χ2n) is 7.52. The van der Waals surface area contributed by atoms with E-state index in [1.54, 1.807) is 24.3 Å². The predicted octanol–water partition coefficient (Wildman–Crippen LogP) is 4.26. The molecule has 2 heterocycles. The Balaban J connectivity index is 0.00000204. The highest BCUT2D eigenvalue weighted by atomic mass is 35.5. The molecule has 34 heavy (non-hydrogen) atoms. The zero-order chi connectivity index (χ0) is 22.7. The molecule has 2 aromatic carbocycles. The average molecular weight is 523 g/mol. The monoisotopic (exact) mass is 522 g/mol. The smallest absolute Gasteiger partial charge is 0.453 e. The van der Waals surface area contributed by atoms with Gasteiger partial charge < -0.3 is 15.4 Å². The molecule has 0 bridgehead atoms. The van der Waals surface area contributed by atoms with E-state index in [9.17, 15) is 17.6 Å². The van der Waals surface area contributed by atoms with Gasteiger partial charge in [-0.1, -0.05) is 12.1 Å². The summed E-state index contributed by atoms with van der Waals surface area (Å²) < 4.78 is 59.0. The van der Waals surface area contributed by atoms with Crippen molar-refractivity contribution in [3.63, 3.8) is 0 Å². The van der Waals surface area contributed by atoms with Gasteiger partial charge in [0.15, 0.2) is 0 Å². The molecule has 1 aliphatic rings. The Kier molecular flexibility index (Phi) is 9.63. The van der Waals surface area contributed by atoms with Gasteiger partial charge in [0.05, 0.1) is 12.8 Å². The molecule has 13 heteroatoms. The molecule has 0 radical (unpaired) electrons. The van der Waals surface area contributed by atoms with Crippen LogP contribution in [0.3, 0.4) is 0 Å². The number of aromatic nitrogens is 4. The minimum absolute atomic E-state index is 0. The van der Waals surface area contributed by atoms with Crippen molar-refractivity contribution < 1.29 is 22.3 Å². The summed E-state index contributed by atoms with van der Waals surface area (Å²) in [5.74, 6) is -0.962. The van der Waals surface area contributed by atoms with Gasteiger partial charge in [0.2, 0.25) is 0 Å². The summed E-state index contributed by atoms with van der Waals surface area (Å²) in [7, 11) is 1.50. The number of benzene rings is 2. The predicted molar refractivity (Wildman–Crippen MR) is 122 cm³/mol. The number of ether oxygens (including phenoxy) is 1. The summed E-state index contributed by atoms with van der Waals surface area (Å²) in [6.07, 6.45) is -2.83. The fraction of sp³-hybridized carbons (Fsp3) is 0.381. The summed E-state index contributed by atoms with van der Waals surface area (Å²) in [5, 5.41) is 16.7. The molecule has 0 saturated carbocycles. The number of piperidine rings is 1. The van der Waals surface area contributed by atoms with Crippen LogP contribution in [0.2, 0.25) is 0 Å². The first-order valence-corrected chi connectivity index (χ1v) is 10.1. The van der Waals surface area contributed by atoms with E-state index >= 15 is 0 Å². The molecule has 1 aromatic heterocycles. The minimum Gasteiger partial charge on any atom is -0.496 e. The molecule has 4 rings (SSSR count). The molecular weight excluding hydrogens is 499 g/mol. The van der Waals surface area contributed by atoms with Crippen molar-refractivity contribution in [2.45, 2.75) is 37.6 Å². The molecule has 7 nitrogen and oxygen atoms in total. The molecule has 3 aromatic rings. The van der Waals surface area contributed by atoms with Crippen LogP contribution in [0, 0.1) is 5.82 Å². The van der Waals surface area contributed by atoms with Crippen LogP contribution in [0.15, 0.2) is 42.5 Å². The topological polar surface area (TPSA) is 76.9 Å². The van der Waals surface area contributed by atoms with E-state index in [-0.39, 0.29) is 48.4 Å². The van der Waals surface area contributed by atoms with Gasteiger partial charge in [-0.2, -0.15) is 17.9 Å². The fourth-order valence-corrected chi connectivity index (χ4v) is 3.94. The van der Waals surface area contributed by atoms with E-state index in [1.807, 2.05) is 0 Å². The van der Waals surface area contributed by atoms with Crippen LogP contribution >= 0.6 is 24.8 Å². The van der Waals surface area contributed by atoms with Crippen LogP contribution in [-0.4, -0.2) is 39.9 Å². The summed E-state index contributed by atoms with van der Waals surface area (Å²) in [5.41, 5.74) is 1.81. The fourth-order valence-electron chi connectivity index (χ4n) is 3.94. The number of methoxy groups -OCH3 is 1. The first-order chi connectivity index (χ1) is 15.4. The van der Waals surface area contributed by atoms with E-state index in [4.69, 9.17) is 4.74 Å². The SMILES string of the molecule is COc1ccc(-n2nnnc2C(F)(F)F)cc1CN[C@H]1CCCN[C@H]1c1ccc(F)cc1.Cl.Cl. The standard InChI is InChI=1S/C21H22F4N6O.2ClH/c1-32-18-9-8-16(31-20(21(23,24)25)28-29-30-31)11-14(18)12-27-17-3-2-10-26-19(17)13-4-6-15(22)7-5-13;;/h4-9,11,17,19,26-27H,2-3,10,12H2,1H3;2*1H/t17-,19-;;/m0../s1. The molecule has 1 fully saturated rings. The molecular formula is C21H24Cl2F4N6O. The number of hydrogen-bond donors (Lipinski definition) is 2. The minimum atomic E-state index is -4.68. The van der Waals surface area contributed by atoms with E-state index in [0.717, 1.165) is 24.9 Å². The number of nitrogens with one attached hydrogen (secondary N) is 2. The quantitative estimate of drug-likeness (QED) is 0.471. The van der Waals surface area contributed by atoms with Gasteiger partial charge in [-0.3, -0.25) is 0 Å². The number of rotatable bonds is 6. The third-order valence-electron chi connectivity index (χ3n) is 5.47. The summed E-state index contributed by atoms with van der Waals surface area (Å²) >= 11 is 0. The van der Waals surface area contributed by atoms with Crippen molar-refractivity contribution in [3.05, 3.63) is 65.2 Å². The molecule has 2 atom stereocenters. The van der Waals surface area contributed by atoms with E-state index in [0.29, 0.717) is 22.5 Å². The number of hydrogen-bond acceptors (Lipinski definition) is 6. The molecule has 1 saturated heterocycles. The lowest BCUT2D eigenvalue weighted by atomic mass is 9.92. The number of halogens is 6. The van der Waals surface area contributed by atoms with Gasteiger partial charge in [-0.25, -0.2) is 4.39 Å². The first kappa shape index (κ1) is 27.8. The third kappa shape index (κ3) is 6.15. The highest BCUT2D eigenvalue weighted by molar-refractivity contribution is 5.85. The van der Waals surface area contributed by atoms with E-state index < -0.39 is 12.0 Å².